The minimum absolute atomic E-state index is 0.122. The number of ether oxygens (including phenoxy) is 1. The number of carbonyl (C=O) groups is 3. The standard InChI is InChI=1S/C13H22N2O7/c1-9(2)13(21)22-8-10(16)5-14-3-4-15(6-11(17)18)7-12(19)20/h10,14,16H,1,3-8H2,2H3,(H,17,18)(H,19,20). The van der Waals surface area contributed by atoms with Crippen LogP contribution in [-0.2, 0) is 19.1 Å². The summed E-state index contributed by atoms with van der Waals surface area (Å²) in [5.41, 5.74) is 0.234. The van der Waals surface area contributed by atoms with Gasteiger partial charge in [-0.2, -0.15) is 0 Å². The van der Waals surface area contributed by atoms with E-state index in [1.165, 1.54) is 11.8 Å². The largest absolute Gasteiger partial charge is 0.480 e. The number of hydrogen-bond donors (Lipinski definition) is 4. The van der Waals surface area contributed by atoms with Gasteiger partial charge in [0.1, 0.15) is 12.7 Å². The maximum Gasteiger partial charge on any atom is 0.333 e. The molecule has 0 aliphatic carbocycles. The van der Waals surface area contributed by atoms with Crippen LogP contribution in [0.4, 0.5) is 0 Å². The van der Waals surface area contributed by atoms with Crippen molar-refractivity contribution in [1.29, 1.82) is 0 Å². The number of aliphatic carboxylic acids is 2. The van der Waals surface area contributed by atoms with Crippen LogP contribution in [0.5, 0.6) is 0 Å². The van der Waals surface area contributed by atoms with Crippen molar-refractivity contribution in [2.75, 3.05) is 39.3 Å². The number of aliphatic hydroxyl groups excluding tert-OH is 1. The number of nitrogens with zero attached hydrogens (tertiary/aromatic N) is 1. The van der Waals surface area contributed by atoms with Crippen LogP contribution in [0.15, 0.2) is 12.2 Å². The number of aliphatic hydroxyl groups is 1. The first-order valence-electron chi connectivity index (χ1n) is 6.59. The third-order valence-corrected chi connectivity index (χ3v) is 2.46. The zero-order chi connectivity index (χ0) is 17.1. The SMILES string of the molecule is C=C(C)C(=O)OCC(O)CNCCN(CC(=O)O)CC(=O)O. The molecular formula is C13H22N2O7. The Hall–Kier alpha value is -1.97. The highest BCUT2D eigenvalue weighted by molar-refractivity contribution is 5.86. The Morgan fingerprint density at radius 1 is 1.23 bits per heavy atom. The lowest BCUT2D eigenvalue weighted by atomic mass is 10.3. The fraction of sp³-hybridized carbons (Fsp3) is 0.615. The summed E-state index contributed by atoms with van der Waals surface area (Å²) in [7, 11) is 0. The van der Waals surface area contributed by atoms with Gasteiger partial charge in [-0.05, 0) is 6.92 Å². The summed E-state index contributed by atoms with van der Waals surface area (Å²) >= 11 is 0. The highest BCUT2D eigenvalue weighted by Crippen LogP contribution is 1.94. The van der Waals surface area contributed by atoms with Gasteiger partial charge in [-0.15, -0.1) is 0 Å². The van der Waals surface area contributed by atoms with Crippen LogP contribution in [0, 0.1) is 0 Å². The number of carbonyl (C=O) groups excluding carboxylic acids is 1. The molecule has 0 fully saturated rings. The van der Waals surface area contributed by atoms with Crippen molar-refractivity contribution < 1.29 is 34.4 Å². The van der Waals surface area contributed by atoms with Crippen molar-refractivity contribution in [3.8, 4) is 0 Å². The van der Waals surface area contributed by atoms with Gasteiger partial charge in [0.2, 0.25) is 0 Å². The predicted octanol–water partition coefficient (Wildman–Crippen LogP) is -1.47. The fourth-order valence-electron chi connectivity index (χ4n) is 1.46. The minimum Gasteiger partial charge on any atom is -0.480 e. The van der Waals surface area contributed by atoms with Gasteiger partial charge < -0.3 is 25.4 Å². The van der Waals surface area contributed by atoms with E-state index in [0.717, 1.165) is 0 Å². The topological polar surface area (TPSA) is 136 Å². The van der Waals surface area contributed by atoms with Gasteiger partial charge in [0.25, 0.3) is 0 Å². The van der Waals surface area contributed by atoms with Gasteiger partial charge >= 0.3 is 17.9 Å². The van der Waals surface area contributed by atoms with Gasteiger partial charge in [0, 0.05) is 25.2 Å². The number of esters is 1. The fourth-order valence-corrected chi connectivity index (χ4v) is 1.46. The normalized spacial score (nSPS) is 12.0. The second-order valence-electron chi connectivity index (χ2n) is 4.73. The molecule has 0 saturated heterocycles. The van der Waals surface area contributed by atoms with Crippen LogP contribution >= 0.6 is 0 Å². The van der Waals surface area contributed by atoms with Crippen LogP contribution < -0.4 is 5.32 Å². The first-order valence-corrected chi connectivity index (χ1v) is 6.59. The minimum atomic E-state index is -1.12. The molecule has 1 atom stereocenters. The zero-order valence-electron chi connectivity index (χ0n) is 12.4. The summed E-state index contributed by atoms with van der Waals surface area (Å²) in [6, 6.07) is 0. The second-order valence-corrected chi connectivity index (χ2v) is 4.73. The van der Waals surface area contributed by atoms with Crippen molar-refractivity contribution in [1.82, 2.24) is 10.2 Å². The number of rotatable bonds is 12. The van der Waals surface area contributed by atoms with E-state index in [9.17, 15) is 19.5 Å². The summed E-state index contributed by atoms with van der Waals surface area (Å²) in [6.07, 6.45) is -0.921. The van der Waals surface area contributed by atoms with Crippen molar-refractivity contribution in [2.45, 2.75) is 13.0 Å². The maximum absolute atomic E-state index is 11.1. The molecule has 0 aromatic carbocycles. The van der Waals surface area contributed by atoms with E-state index in [1.807, 2.05) is 0 Å². The number of carboxylic acid groups (broad SMARTS) is 2. The van der Waals surface area contributed by atoms with E-state index in [-0.39, 0.29) is 44.9 Å². The molecule has 0 bridgehead atoms. The van der Waals surface area contributed by atoms with Crippen molar-refractivity contribution in [3.63, 3.8) is 0 Å². The Morgan fingerprint density at radius 3 is 2.23 bits per heavy atom. The maximum atomic E-state index is 11.1. The van der Waals surface area contributed by atoms with Crippen LogP contribution in [0.3, 0.4) is 0 Å². The van der Waals surface area contributed by atoms with E-state index in [2.05, 4.69) is 11.9 Å². The molecule has 0 aliphatic heterocycles. The Labute approximate surface area is 128 Å². The quantitative estimate of drug-likeness (QED) is 0.193. The van der Waals surface area contributed by atoms with E-state index < -0.39 is 24.0 Å². The van der Waals surface area contributed by atoms with Crippen molar-refractivity contribution in [2.24, 2.45) is 0 Å². The molecule has 0 radical (unpaired) electrons. The highest BCUT2D eigenvalue weighted by Gasteiger charge is 2.13. The third kappa shape index (κ3) is 10.8. The van der Waals surface area contributed by atoms with E-state index in [1.54, 1.807) is 0 Å². The van der Waals surface area contributed by atoms with Crippen LogP contribution in [0.1, 0.15) is 6.92 Å². The van der Waals surface area contributed by atoms with Crippen LogP contribution in [-0.4, -0.2) is 83.6 Å². The molecule has 9 heteroatoms. The third-order valence-electron chi connectivity index (χ3n) is 2.46. The van der Waals surface area contributed by atoms with Gasteiger partial charge in [0.05, 0.1) is 13.1 Å². The highest BCUT2D eigenvalue weighted by atomic mass is 16.5. The zero-order valence-corrected chi connectivity index (χ0v) is 12.4. The lowest BCUT2D eigenvalue weighted by Crippen LogP contribution is -2.41. The molecule has 9 nitrogen and oxygen atoms in total. The van der Waals surface area contributed by atoms with E-state index >= 15 is 0 Å². The summed E-state index contributed by atoms with van der Waals surface area (Å²) < 4.78 is 4.75. The van der Waals surface area contributed by atoms with Gasteiger partial charge in [0.15, 0.2) is 0 Å². The molecule has 0 amide bonds. The first kappa shape index (κ1) is 20.0. The molecule has 0 aromatic rings. The average molecular weight is 318 g/mol. The lowest BCUT2D eigenvalue weighted by Gasteiger charge is -2.19. The lowest BCUT2D eigenvalue weighted by molar-refractivity contribution is -0.142. The van der Waals surface area contributed by atoms with E-state index in [4.69, 9.17) is 14.9 Å². The molecule has 4 N–H and O–H groups in total. The Bertz CT molecular complexity index is 395. The summed E-state index contributed by atoms with van der Waals surface area (Å²) in [5, 5.41) is 29.7. The number of nitrogens with one attached hydrogen (secondary N) is 1. The smallest absolute Gasteiger partial charge is 0.333 e. The molecule has 0 heterocycles. The molecule has 0 aromatic heterocycles. The predicted molar refractivity (Wildman–Crippen MR) is 76.4 cm³/mol. The van der Waals surface area contributed by atoms with Crippen molar-refractivity contribution >= 4 is 17.9 Å². The molecule has 22 heavy (non-hydrogen) atoms. The Balaban J connectivity index is 3.91. The second kappa shape index (κ2) is 10.7. The number of carboxylic acids is 2. The Morgan fingerprint density at radius 2 is 1.77 bits per heavy atom. The average Bonchev–Trinajstić information content (AvgIpc) is 2.39. The molecular weight excluding hydrogens is 296 g/mol. The molecule has 0 saturated carbocycles. The van der Waals surface area contributed by atoms with Gasteiger partial charge in [-0.25, -0.2) is 4.79 Å². The molecule has 0 aliphatic rings. The summed E-state index contributed by atoms with van der Waals surface area (Å²) in [6.45, 7) is 4.54. The Kier molecular flexibility index (Phi) is 9.75. The molecule has 1 unspecified atom stereocenters. The summed E-state index contributed by atoms with van der Waals surface area (Å²) in [5.74, 6) is -2.82. The van der Waals surface area contributed by atoms with Gasteiger partial charge in [-0.1, -0.05) is 6.58 Å². The first-order chi connectivity index (χ1) is 10.2. The molecule has 0 rings (SSSR count). The monoisotopic (exact) mass is 318 g/mol. The van der Waals surface area contributed by atoms with Crippen molar-refractivity contribution in [3.05, 3.63) is 12.2 Å². The number of hydrogen-bond acceptors (Lipinski definition) is 7. The van der Waals surface area contributed by atoms with Crippen LogP contribution in [0.2, 0.25) is 0 Å². The summed E-state index contributed by atoms with van der Waals surface area (Å²) in [4.78, 5) is 33.5. The molecule has 0 spiro atoms. The van der Waals surface area contributed by atoms with Gasteiger partial charge in [-0.3, -0.25) is 14.5 Å². The molecule has 126 valence electrons. The van der Waals surface area contributed by atoms with Crippen LogP contribution in [0.25, 0.3) is 0 Å². The van der Waals surface area contributed by atoms with E-state index in [0.29, 0.717) is 0 Å².